The Morgan fingerprint density at radius 3 is 3.00 bits per heavy atom. The summed E-state index contributed by atoms with van der Waals surface area (Å²) in [5, 5.41) is 0. The zero-order chi connectivity index (χ0) is 18.5. The highest BCUT2D eigenvalue weighted by molar-refractivity contribution is 6.08. The molecule has 5 heterocycles. The van der Waals surface area contributed by atoms with Gasteiger partial charge in [0, 0.05) is 25.4 Å². The quantitative estimate of drug-likeness (QED) is 0.598. The number of carbonyl (C=O) groups excluding carboxylic acids is 1. The van der Waals surface area contributed by atoms with Crippen LogP contribution in [0.2, 0.25) is 0 Å². The van der Waals surface area contributed by atoms with Crippen molar-refractivity contribution in [3.05, 3.63) is 35.4 Å². The van der Waals surface area contributed by atoms with Crippen molar-refractivity contribution in [3.8, 4) is 5.75 Å². The zero-order valence-electron chi connectivity index (χ0n) is 15.9. The topological polar surface area (TPSA) is 51.1 Å². The van der Waals surface area contributed by atoms with E-state index in [0.29, 0.717) is 23.9 Å². The number of methoxy groups -OCH3 is 1. The summed E-state index contributed by atoms with van der Waals surface area (Å²) in [4.78, 5) is 19.9. The van der Waals surface area contributed by atoms with Crippen molar-refractivity contribution in [2.75, 3.05) is 13.7 Å². The fraction of sp³-hybridized carbons (Fsp3) is 0.545. The maximum atomic E-state index is 12.1. The predicted molar refractivity (Wildman–Crippen MR) is 102 cm³/mol. The lowest BCUT2D eigenvalue weighted by atomic mass is 9.66. The molecule has 1 spiro atoms. The standard InChI is InChI=1S/C22H24N2O3/c1-4-12-10-24-17-8-14(12)19-18(24)9-22(21(19)27-11(2)25)15-7-13(26-3)5-6-16(15)23-20(17)22/h4-7,14,17-19,21H,8-10H2,1-3H3/b12-4+/t14-,17?,18-,19-,21+,22?/m0/s1. The molecule has 5 aliphatic heterocycles. The molecule has 1 saturated carbocycles. The fourth-order valence-corrected chi connectivity index (χ4v) is 6.93. The zero-order valence-corrected chi connectivity index (χ0v) is 15.9. The van der Waals surface area contributed by atoms with Gasteiger partial charge in [0.15, 0.2) is 0 Å². The summed E-state index contributed by atoms with van der Waals surface area (Å²) in [6.07, 6.45) is 4.24. The van der Waals surface area contributed by atoms with Crippen molar-refractivity contribution in [2.24, 2.45) is 16.8 Å². The Bertz CT molecular complexity index is 935. The van der Waals surface area contributed by atoms with Crippen LogP contribution < -0.4 is 4.74 Å². The Morgan fingerprint density at radius 1 is 1.41 bits per heavy atom. The van der Waals surface area contributed by atoms with Gasteiger partial charge < -0.3 is 9.47 Å². The summed E-state index contributed by atoms with van der Waals surface area (Å²) in [5.41, 5.74) is 4.69. The van der Waals surface area contributed by atoms with Crippen molar-refractivity contribution in [2.45, 2.75) is 50.3 Å². The molecule has 5 fully saturated rings. The number of allylic oxidation sites excluding steroid dienone is 1. The molecule has 1 aliphatic carbocycles. The number of hydrogen-bond donors (Lipinski definition) is 0. The molecule has 1 aromatic rings. The van der Waals surface area contributed by atoms with Crippen LogP contribution in [-0.4, -0.2) is 48.4 Å². The van der Waals surface area contributed by atoms with Gasteiger partial charge in [-0.2, -0.15) is 0 Å². The first-order valence-corrected chi connectivity index (χ1v) is 9.94. The maximum Gasteiger partial charge on any atom is 0.302 e. The van der Waals surface area contributed by atoms with Gasteiger partial charge in [0.25, 0.3) is 0 Å². The van der Waals surface area contributed by atoms with Gasteiger partial charge in [-0.15, -0.1) is 0 Å². The highest BCUT2D eigenvalue weighted by atomic mass is 16.5. The molecule has 7 atom stereocenters. The van der Waals surface area contributed by atoms with Crippen LogP contribution in [0, 0.1) is 11.8 Å². The van der Waals surface area contributed by atoms with Gasteiger partial charge in [-0.25, -0.2) is 0 Å². The van der Waals surface area contributed by atoms with Crippen LogP contribution in [-0.2, 0) is 14.9 Å². The number of nitrogens with zero attached hydrogens (tertiary/aromatic N) is 2. The normalized spacial score (nSPS) is 43.5. The van der Waals surface area contributed by atoms with Crippen molar-refractivity contribution < 1.29 is 14.3 Å². The maximum absolute atomic E-state index is 12.1. The third kappa shape index (κ3) is 1.70. The molecule has 27 heavy (non-hydrogen) atoms. The van der Waals surface area contributed by atoms with Gasteiger partial charge in [0.05, 0.1) is 30.0 Å². The second kappa shape index (κ2) is 5.02. The highest BCUT2D eigenvalue weighted by Crippen LogP contribution is 2.66. The van der Waals surface area contributed by atoms with Crippen LogP contribution in [0.15, 0.2) is 34.8 Å². The van der Waals surface area contributed by atoms with Gasteiger partial charge in [-0.1, -0.05) is 11.6 Å². The van der Waals surface area contributed by atoms with E-state index in [1.54, 1.807) is 14.0 Å². The van der Waals surface area contributed by atoms with Crippen molar-refractivity contribution in [1.82, 2.24) is 4.90 Å². The number of rotatable bonds is 2. The van der Waals surface area contributed by atoms with E-state index in [2.05, 4.69) is 30.0 Å². The summed E-state index contributed by atoms with van der Waals surface area (Å²) >= 11 is 0. The first-order valence-electron chi connectivity index (χ1n) is 9.94. The van der Waals surface area contributed by atoms with E-state index in [-0.39, 0.29) is 17.5 Å². The summed E-state index contributed by atoms with van der Waals surface area (Å²) in [7, 11) is 1.70. The van der Waals surface area contributed by atoms with E-state index in [1.165, 1.54) is 16.8 Å². The van der Waals surface area contributed by atoms with Gasteiger partial charge in [-0.3, -0.25) is 14.7 Å². The van der Waals surface area contributed by atoms with E-state index >= 15 is 0 Å². The molecule has 4 saturated heterocycles. The second-order valence-corrected chi connectivity index (χ2v) is 8.62. The van der Waals surface area contributed by atoms with E-state index < -0.39 is 0 Å². The number of hydrogen-bond acceptors (Lipinski definition) is 5. The molecule has 3 unspecified atom stereocenters. The third-order valence-corrected chi connectivity index (χ3v) is 7.78. The molecule has 5 nitrogen and oxygen atoms in total. The van der Waals surface area contributed by atoms with Crippen molar-refractivity contribution in [3.63, 3.8) is 0 Å². The molecule has 0 amide bonds. The minimum Gasteiger partial charge on any atom is -0.497 e. The Labute approximate surface area is 159 Å². The minimum atomic E-state index is -0.274. The van der Waals surface area contributed by atoms with Crippen LogP contribution in [0.3, 0.4) is 0 Å². The number of aliphatic imine (C=N–C) groups is 1. The predicted octanol–water partition coefficient (Wildman–Crippen LogP) is 3.00. The number of piperidine rings is 4. The van der Waals surface area contributed by atoms with E-state index in [9.17, 15) is 4.79 Å². The monoisotopic (exact) mass is 364 g/mol. The molecule has 140 valence electrons. The van der Waals surface area contributed by atoms with Gasteiger partial charge in [0.1, 0.15) is 11.9 Å². The second-order valence-electron chi connectivity index (χ2n) is 8.62. The van der Waals surface area contributed by atoms with Gasteiger partial charge in [-0.05, 0) is 49.4 Å². The lowest BCUT2D eigenvalue weighted by Crippen LogP contribution is -2.64. The van der Waals surface area contributed by atoms with Crippen LogP contribution >= 0.6 is 0 Å². The number of fused-ring (bicyclic) bond motifs is 2. The lowest BCUT2D eigenvalue weighted by Gasteiger charge is -2.55. The number of ether oxygens (including phenoxy) is 2. The SMILES string of the molecule is C/C=C1\CN2C3C[C@@H]1[C@@H]1[C@@H](OC(C)=O)C4(C[C@@H]12)C3=Nc1ccc(OC)cc14. The summed E-state index contributed by atoms with van der Waals surface area (Å²) in [5.74, 6) is 1.52. The first kappa shape index (κ1) is 15.9. The Morgan fingerprint density at radius 2 is 2.26 bits per heavy atom. The highest BCUT2D eigenvalue weighted by Gasteiger charge is 2.73. The molecule has 0 aromatic heterocycles. The fourth-order valence-electron chi connectivity index (χ4n) is 6.93. The van der Waals surface area contributed by atoms with E-state index in [4.69, 9.17) is 14.5 Å². The van der Waals surface area contributed by atoms with E-state index in [1.807, 2.05) is 6.07 Å². The average Bonchev–Trinajstić information content (AvgIpc) is 3.14. The molecule has 6 aliphatic rings. The number of esters is 1. The third-order valence-electron chi connectivity index (χ3n) is 7.78. The molecule has 0 N–H and O–H groups in total. The van der Waals surface area contributed by atoms with Gasteiger partial charge in [0.2, 0.25) is 0 Å². The Balaban J connectivity index is 1.60. The Hall–Kier alpha value is -2.14. The van der Waals surface area contributed by atoms with Crippen molar-refractivity contribution in [1.29, 1.82) is 0 Å². The molecule has 5 heteroatoms. The van der Waals surface area contributed by atoms with Crippen LogP contribution in [0.5, 0.6) is 5.75 Å². The van der Waals surface area contributed by atoms with Crippen LogP contribution in [0.4, 0.5) is 5.69 Å². The molecule has 0 radical (unpaired) electrons. The first-order chi connectivity index (χ1) is 13.1. The van der Waals surface area contributed by atoms with Crippen LogP contribution in [0.25, 0.3) is 0 Å². The van der Waals surface area contributed by atoms with E-state index in [0.717, 1.165) is 30.8 Å². The molecule has 1 aromatic carbocycles. The number of benzene rings is 1. The number of carbonyl (C=O) groups is 1. The molecule has 5 bridgehead atoms. The smallest absolute Gasteiger partial charge is 0.302 e. The van der Waals surface area contributed by atoms with Crippen LogP contribution in [0.1, 0.15) is 32.3 Å². The molecule has 7 rings (SSSR count). The summed E-state index contributed by atoms with van der Waals surface area (Å²) in [6.45, 7) is 4.72. The molecular weight excluding hydrogens is 340 g/mol. The lowest BCUT2D eigenvalue weighted by molar-refractivity contribution is -0.152. The average molecular weight is 364 g/mol. The summed E-state index contributed by atoms with van der Waals surface area (Å²) in [6, 6.07) is 7.01. The molecular formula is C22H24N2O3. The summed E-state index contributed by atoms with van der Waals surface area (Å²) < 4.78 is 11.6. The minimum absolute atomic E-state index is 0.137. The van der Waals surface area contributed by atoms with Crippen molar-refractivity contribution >= 4 is 17.4 Å². The Kier molecular flexibility index (Phi) is 2.95. The largest absolute Gasteiger partial charge is 0.497 e. The van der Waals surface area contributed by atoms with Gasteiger partial charge >= 0.3 is 5.97 Å².